The van der Waals surface area contributed by atoms with E-state index in [-0.39, 0.29) is 0 Å². The van der Waals surface area contributed by atoms with Crippen LogP contribution in [0.1, 0.15) is 6.92 Å². The lowest BCUT2D eigenvalue weighted by atomic mass is 10.1. The topological polar surface area (TPSA) is 74.4 Å². The van der Waals surface area contributed by atoms with Gasteiger partial charge in [0.25, 0.3) is 5.91 Å². The minimum atomic E-state index is -0.692. The van der Waals surface area contributed by atoms with Crippen molar-refractivity contribution in [2.24, 2.45) is 5.73 Å². The summed E-state index contributed by atoms with van der Waals surface area (Å²) in [5.74, 6) is 0.621. The Kier molecular flexibility index (Phi) is 4.20. The smallest absolute Gasteiger partial charge is 0.258 e. The maximum absolute atomic E-state index is 11.1. The van der Waals surface area contributed by atoms with Gasteiger partial charge in [0.15, 0.2) is 6.10 Å². The fourth-order valence-corrected chi connectivity index (χ4v) is 1.72. The largest absolute Gasteiger partial charge is 0.481 e. The normalized spacial score (nSPS) is 11.7. The standard InChI is InChI=1S/C15H16N2O3/c1-10(15(16)18)20-13-6-4-3-5-12(13)11-7-8-14(19-2)17-9-11/h3-10H,1-2H3,(H2,16,18)/t10-/m0/s1. The summed E-state index contributed by atoms with van der Waals surface area (Å²) in [5, 5.41) is 0. The van der Waals surface area contributed by atoms with Gasteiger partial charge in [-0.2, -0.15) is 0 Å². The molecule has 2 rings (SSSR count). The van der Waals surface area contributed by atoms with Crippen molar-refractivity contribution in [3.63, 3.8) is 0 Å². The van der Waals surface area contributed by atoms with Crippen LogP contribution in [-0.4, -0.2) is 24.1 Å². The number of amides is 1. The Hall–Kier alpha value is -2.56. The molecular formula is C15H16N2O3. The third-order valence-electron chi connectivity index (χ3n) is 2.85. The van der Waals surface area contributed by atoms with Crippen LogP contribution >= 0.6 is 0 Å². The summed E-state index contributed by atoms with van der Waals surface area (Å²) in [7, 11) is 1.56. The summed E-state index contributed by atoms with van der Waals surface area (Å²) in [6, 6.07) is 11.1. The second-order valence-electron chi connectivity index (χ2n) is 4.25. The third kappa shape index (κ3) is 3.06. The number of rotatable bonds is 5. The molecule has 0 saturated heterocycles. The van der Waals surface area contributed by atoms with Crippen LogP contribution < -0.4 is 15.2 Å². The number of hydrogen-bond acceptors (Lipinski definition) is 4. The van der Waals surface area contributed by atoms with E-state index >= 15 is 0 Å². The molecule has 104 valence electrons. The van der Waals surface area contributed by atoms with E-state index in [1.165, 1.54) is 0 Å². The molecule has 0 spiro atoms. The average molecular weight is 272 g/mol. The number of nitrogens with two attached hydrogens (primary N) is 1. The first-order valence-corrected chi connectivity index (χ1v) is 6.17. The van der Waals surface area contributed by atoms with Crippen LogP contribution in [0, 0.1) is 0 Å². The van der Waals surface area contributed by atoms with E-state index in [1.807, 2.05) is 24.3 Å². The lowest BCUT2D eigenvalue weighted by Crippen LogP contribution is -2.30. The number of benzene rings is 1. The minimum absolute atomic E-state index is 0.507. The Labute approximate surface area is 117 Å². The summed E-state index contributed by atoms with van der Waals surface area (Å²) >= 11 is 0. The number of pyridine rings is 1. The van der Waals surface area contributed by atoms with E-state index in [0.717, 1.165) is 11.1 Å². The molecule has 1 aromatic carbocycles. The molecule has 5 nitrogen and oxygen atoms in total. The average Bonchev–Trinajstić information content (AvgIpc) is 2.48. The van der Waals surface area contributed by atoms with Crippen molar-refractivity contribution in [1.82, 2.24) is 4.98 Å². The van der Waals surface area contributed by atoms with E-state index in [9.17, 15) is 4.79 Å². The van der Waals surface area contributed by atoms with E-state index in [1.54, 1.807) is 32.4 Å². The maximum atomic E-state index is 11.1. The third-order valence-corrected chi connectivity index (χ3v) is 2.85. The number of carbonyl (C=O) groups excluding carboxylic acids is 1. The van der Waals surface area contributed by atoms with E-state index in [0.29, 0.717) is 11.6 Å². The number of hydrogen-bond donors (Lipinski definition) is 1. The van der Waals surface area contributed by atoms with Gasteiger partial charge in [-0.1, -0.05) is 18.2 Å². The molecule has 0 aliphatic heterocycles. The van der Waals surface area contributed by atoms with Gasteiger partial charge in [-0.05, 0) is 19.1 Å². The van der Waals surface area contributed by atoms with Gasteiger partial charge in [0.2, 0.25) is 5.88 Å². The van der Waals surface area contributed by atoms with E-state index in [2.05, 4.69) is 4.98 Å². The van der Waals surface area contributed by atoms with Gasteiger partial charge >= 0.3 is 0 Å². The molecule has 2 aromatic rings. The fraction of sp³-hybridized carbons (Fsp3) is 0.200. The zero-order valence-corrected chi connectivity index (χ0v) is 11.4. The predicted molar refractivity (Wildman–Crippen MR) is 75.5 cm³/mol. The van der Waals surface area contributed by atoms with Crippen LogP contribution in [0.4, 0.5) is 0 Å². The lowest BCUT2D eigenvalue weighted by molar-refractivity contribution is -0.123. The van der Waals surface area contributed by atoms with Crippen molar-refractivity contribution in [2.75, 3.05) is 7.11 Å². The lowest BCUT2D eigenvalue weighted by Gasteiger charge is -2.15. The van der Waals surface area contributed by atoms with Gasteiger partial charge in [-0.25, -0.2) is 4.98 Å². The van der Waals surface area contributed by atoms with Crippen LogP contribution in [0.15, 0.2) is 42.6 Å². The Balaban J connectivity index is 2.33. The monoisotopic (exact) mass is 272 g/mol. The molecule has 0 unspecified atom stereocenters. The Bertz CT molecular complexity index is 596. The van der Waals surface area contributed by atoms with Gasteiger partial charge in [0.1, 0.15) is 5.75 Å². The Morgan fingerprint density at radius 1 is 1.25 bits per heavy atom. The molecule has 20 heavy (non-hydrogen) atoms. The second-order valence-corrected chi connectivity index (χ2v) is 4.25. The molecule has 0 radical (unpaired) electrons. The first-order valence-electron chi connectivity index (χ1n) is 6.17. The number of aromatic nitrogens is 1. The molecule has 0 fully saturated rings. The van der Waals surface area contributed by atoms with Crippen molar-refractivity contribution < 1.29 is 14.3 Å². The summed E-state index contributed by atoms with van der Waals surface area (Å²) in [5.41, 5.74) is 6.93. The zero-order valence-electron chi connectivity index (χ0n) is 11.4. The highest BCUT2D eigenvalue weighted by atomic mass is 16.5. The molecule has 0 saturated carbocycles. The van der Waals surface area contributed by atoms with Crippen molar-refractivity contribution in [3.8, 4) is 22.8 Å². The highest BCUT2D eigenvalue weighted by Crippen LogP contribution is 2.30. The molecule has 1 heterocycles. The molecule has 5 heteroatoms. The highest BCUT2D eigenvalue weighted by molar-refractivity contribution is 5.79. The second kappa shape index (κ2) is 6.06. The highest BCUT2D eigenvalue weighted by Gasteiger charge is 2.13. The summed E-state index contributed by atoms with van der Waals surface area (Å²) in [6.45, 7) is 1.62. The fourth-order valence-electron chi connectivity index (χ4n) is 1.72. The summed E-state index contributed by atoms with van der Waals surface area (Å²) in [6.07, 6.45) is 0.998. The number of para-hydroxylation sites is 1. The molecule has 0 aliphatic carbocycles. The zero-order chi connectivity index (χ0) is 14.5. The van der Waals surface area contributed by atoms with Crippen molar-refractivity contribution in [3.05, 3.63) is 42.6 Å². The molecule has 0 bridgehead atoms. The van der Waals surface area contributed by atoms with Crippen LogP contribution in [0.5, 0.6) is 11.6 Å². The van der Waals surface area contributed by atoms with E-state index < -0.39 is 12.0 Å². The van der Waals surface area contributed by atoms with Gasteiger partial charge in [0, 0.05) is 23.4 Å². The Morgan fingerprint density at radius 3 is 2.60 bits per heavy atom. The summed E-state index contributed by atoms with van der Waals surface area (Å²) in [4.78, 5) is 15.3. The first kappa shape index (κ1) is 13.9. The maximum Gasteiger partial charge on any atom is 0.258 e. The van der Waals surface area contributed by atoms with Crippen LogP contribution in [-0.2, 0) is 4.79 Å². The summed E-state index contributed by atoms with van der Waals surface area (Å²) < 4.78 is 10.6. The van der Waals surface area contributed by atoms with Crippen molar-refractivity contribution in [1.29, 1.82) is 0 Å². The van der Waals surface area contributed by atoms with Crippen LogP contribution in [0.25, 0.3) is 11.1 Å². The number of ether oxygens (including phenoxy) is 2. The molecule has 1 aromatic heterocycles. The van der Waals surface area contributed by atoms with Gasteiger partial charge in [-0.15, -0.1) is 0 Å². The number of carbonyl (C=O) groups is 1. The number of primary amides is 1. The number of methoxy groups -OCH3 is 1. The predicted octanol–water partition coefficient (Wildman–Crippen LogP) is 2.01. The quantitative estimate of drug-likeness (QED) is 0.903. The molecule has 2 N–H and O–H groups in total. The number of nitrogens with zero attached hydrogens (tertiary/aromatic N) is 1. The van der Waals surface area contributed by atoms with Gasteiger partial charge < -0.3 is 15.2 Å². The molecule has 1 atom stereocenters. The first-order chi connectivity index (χ1) is 9.61. The Morgan fingerprint density at radius 2 is 2.00 bits per heavy atom. The van der Waals surface area contributed by atoms with Crippen LogP contribution in [0.2, 0.25) is 0 Å². The van der Waals surface area contributed by atoms with Crippen LogP contribution in [0.3, 0.4) is 0 Å². The van der Waals surface area contributed by atoms with Gasteiger partial charge in [-0.3, -0.25) is 4.79 Å². The molecule has 0 aliphatic rings. The van der Waals surface area contributed by atoms with Crippen molar-refractivity contribution >= 4 is 5.91 Å². The van der Waals surface area contributed by atoms with Gasteiger partial charge in [0.05, 0.1) is 7.11 Å². The van der Waals surface area contributed by atoms with Crippen molar-refractivity contribution in [2.45, 2.75) is 13.0 Å². The SMILES string of the molecule is COc1ccc(-c2ccccc2O[C@@H](C)C(N)=O)cn1. The molecular weight excluding hydrogens is 256 g/mol. The minimum Gasteiger partial charge on any atom is -0.481 e. The molecule has 1 amide bonds. The van der Waals surface area contributed by atoms with E-state index in [4.69, 9.17) is 15.2 Å².